The normalized spacial score (nSPS) is 19.8. The van der Waals surface area contributed by atoms with Gasteiger partial charge in [-0.15, -0.1) is 0 Å². The highest BCUT2D eigenvalue weighted by Gasteiger charge is 2.35. The number of para-hydroxylation sites is 3. The Labute approximate surface area is 187 Å². The van der Waals surface area contributed by atoms with Gasteiger partial charge in [-0.3, -0.25) is 14.4 Å². The van der Waals surface area contributed by atoms with Gasteiger partial charge >= 0.3 is 0 Å². The molecule has 2 aromatic rings. The van der Waals surface area contributed by atoms with Gasteiger partial charge in [0.1, 0.15) is 6.04 Å². The van der Waals surface area contributed by atoms with Crippen molar-refractivity contribution >= 4 is 34.8 Å². The Morgan fingerprint density at radius 3 is 2.69 bits per heavy atom. The zero-order chi connectivity index (χ0) is 22.5. The average Bonchev–Trinajstić information content (AvgIpc) is 3.30. The lowest BCUT2D eigenvalue weighted by atomic mass is 10.0. The van der Waals surface area contributed by atoms with Crippen LogP contribution in [-0.4, -0.2) is 49.6 Å². The monoisotopic (exact) mass is 436 g/mol. The highest BCUT2D eigenvalue weighted by Crippen LogP contribution is 2.32. The van der Waals surface area contributed by atoms with E-state index < -0.39 is 6.04 Å². The molecule has 2 unspecified atom stereocenters. The lowest BCUT2D eigenvalue weighted by Gasteiger charge is -2.37. The summed E-state index contributed by atoms with van der Waals surface area (Å²) in [6.45, 7) is 3.04. The Morgan fingerprint density at radius 2 is 1.91 bits per heavy atom. The van der Waals surface area contributed by atoms with Gasteiger partial charge in [0, 0.05) is 18.8 Å². The van der Waals surface area contributed by atoms with Crippen LogP contribution in [-0.2, 0) is 19.1 Å². The van der Waals surface area contributed by atoms with Crippen molar-refractivity contribution in [3.8, 4) is 0 Å². The van der Waals surface area contributed by atoms with Crippen molar-refractivity contribution < 1.29 is 19.1 Å². The molecule has 32 heavy (non-hydrogen) atoms. The minimum absolute atomic E-state index is 0.0283. The first-order chi connectivity index (χ1) is 15.5. The molecular weight excluding hydrogens is 408 g/mol. The average molecular weight is 437 g/mol. The van der Waals surface area contributed by atoms with Gasteiger partial charge in [-0.1, -0.05) is 30.3 Å². The summed E-state index contributed by atoms with van der Waals surface area (Å²) in [6.07, 6.45) is 1.88. The van der Waals surface area contributed by atoms with E-state index in [9.17, 15) is 14.4 Å². The van der Waals surface area contributed by atoms with E-state index in [4.69, 9.17) is 4.74 Å². The molecule has 8 heteroatoms. The lowest BCUT2D eigenvalue weighted by Crippen LogP contribution is -2.53. The molecule has 3 amide bonds. The molecule has 0 saturated carbocycles. The summed E-state index contributed by atoms with van der Waals surface area (Å²) in [4.78, 5) is 40.1. The standard InChI is InChI=1S/C24H28N4O4/c1-16-7-2-3-9-18(16)26-22(29)13-21-24(31)27-19-10-4-5-11-20(19)28(21)15-23(30)25-14-17-8-6-12-32-17/h2-5,7,9-11,17,21H,6,8,12-15H2,1H3,(H,25,30)(H,26,29)(H,27,31). The van der Waals surface area contributed by atoms with Gasteiger partial charge in [-0.05, 0) is 43.5 Å². The van der Waals surface area contributed by atoms with Gasteiger partial charge in [-0.2, -0.15) is 0 Å². The summed E-state index contributed by atoms with van der Waals surface area (Å²) in [6, 6.07) is 14.0. The second-order valence-corrected chi connectivity index (χ2v) is 8.16. The molecule has 0 bridgehead atoms. The van der Waals surface area contributed by atoms with Crippen molar-refractivity contribution in [3.05, 3.63) is 54.1 Å². The predicted octanol–water partition coefficient (Wildman–Crippen LogP) is 2.45. The van der Waals surface area contributed by atoms with E-state index in [-0.39, 0.29) is 36.8 Å². The third-order valence-electron chi connectivity index (χ3n) is 5.81. The number of aryl methyl sites for hydroxylation is 1. The zero-order valence-corrected chi connectivity index (χ0v) is 18.1. The van der Waals surface area contributed by atoms with Crippen LogP contribution in [0, 0.1) is 6.92 Å². The summed E-state index contributed by atoms with van der Waals surface area (Å²) < 4.78 is 5.56. The van der Waals surface area contributed by atoms with E-state index in [0.717, 1.165) is 25.0 Å². The molecule has 2 aromatic carbocycles. The van der Waals surface area contributed by atoms with Gasteiger partial charge < -0.3 is 25.6 Å². The number of ether oxygens (including phenoxy) is 1. The van der Waals surface area contributed by atoms with Crippen molar-refractivity contribution in [3.63, 3.8) is 0 Å². The Bertz CT molecular complexity index is 1000. The van der Waals surface area contributed by atoms with E-state index in [2.05, 4.69) is 16.0 Å². The Hall–Kier alpha value is -3.39. The van der Waals surface area contributed by atoms with Crippen LogP contribution in [0.4, 0.5) is 17.1 Å². The summed E-state index contributed by atoms with van der Waals surface area (Å²) >= 11 is 0. The second-order valence-electron chi connectivity index (χ2n) is 8.16. The Balaban J connectivity index is 1.48. The van der Waals surface area contributed by atoms with Crippen molar-refractivity contribution in [2.45, 2.75) is 38.3 Å². The van der Waals surface area contributed by atoms with Crippen molar-refractivity contribution in [2.24, 2.45) is 0 Å². The fourth-order valence-corrected chi connectivity index (χ4v) is 4.09. The first-order valence-electron chi connectivity index (χ1n) is 10.9. The van der Waals surface area contributed by atoms with Crippen molar-refractivity contribution in [1.82, 2.24) is 5.32 Å². The van der Waals surface area contributed by atoms with Crippen LogP contribution < -0.4 is 20.9 Å². The first-order valence-corrected chi connectivity index (χ1v) is 10.9. The molecule has 1 fully saturated rings. The van der Waals surface area contributed by atoms with Crippen LogP contribution in [0.3, 0.4) is 0 Å². The molecule has 2 aliphatic heterocycles. The molecule has 0 aromatic heterocycles. The minimum Gasteiger partial charge on any atom is -0.376 e. The maximum Gasteiger partial charge on any atom is 0.247 e. The summed E-state index contributed by atoms with van der Waals surface area (Å²) in [5.74, 6) is -0.812. The van der Waals surface area contributed by atoms with Crippen LogP contribution in [0.25, 0.3) is 0 Å². The number of nitrogens with one attached hydrogen (secondary N) is 3. The van der Waals surface area contributed by atoms with Crippen molar-refractivity contribution in [2.75, 3.05) is 35.2 Å². The Kier molecular flexibility index (Phi) is 6.70. The summed E-state index contributed by atoms with van der Waals surface area (Å²) in [7, 11) is 0. The molecule has 4 rings (SSSR count). The largest absolute Gasteiger partial charge is 0.376 e. The maximum atomic E-state index is 12.9. The fraction of sp³-hybridized carbons (Fsp3) is 0.375. The minimum atomic E-state index is -0.803. The molecule has 0 spiro atoms. The highest BCUT2D eigenvalue weighted by molar-refractivity contribution is 6.07. The number of hydrogen-bond acceptors (Lipinski definition) is 5. The third kappa shape index (κ3) is 5.08. The number of carbonyl (C=O) groups excluding carboxylic acids is 3. The molecule has 0 aliphatic carbocycles. The number of nitrogens with zero attached hydrogens (tertiary/aromatic N) is 1. The second kappa shape index (κ2) is 9.82. The number of benzene rings is 2. The van der Waals surface area contributed by atoms with Crippen LogP contribution >= 0.6 is 0 Å². The third-order valence-corrected chi connectivity index (χ3v) is 5.81. The molecule has 0 radical (unpaired) electrons. The highest BCUT2D eigenvalue weighted by atomic mass is 16.5. The molecule has 1 saturated heterocycles. The van der Waals surface area contributed by atoms with E-state index in [0.29, 0.717) is 23.6 Å². The van der Waals surface area contributed by atoms with E-state index in [1.165, 1.54) is 0 Å². The van der Waals surface area contributed by atoms with Crippen molar-refractivity contribution in [1.29, 1.82) is 0 Å². The lowest BCUT2D eigenvalue weighted by molar-refractivity contribution is -0.123. The van der Waals surface area contributed by atoms with Crippen LogP contribution in [0.5, 0.6) is 0 Å². The topological polar surface area (TPSA) is 99.8 Å². The summed E-state index contributed by atoms with van der Waals surface area (Å²) in [5, 5.41) is 8.63. The van der Waals surface area contributed by atoms with Crippen LogP contribution in [0.2, 0.25) is 0 Å². The van der Waals surface area contributed by atoms with Gasteiger partial charge in [0.05, 0.1) is 30.4 Å². The smallest absolute Gasteiger partial charge is 0.247 e. The number of anilines is 3. The maximum absolute atomic E-state index is 12.9. The molecule has 3 N–H and O–H groups in total. The fourth-order valence-electron chi connectivity index (χ4n) is 4.09. The molecule has 2 heterocycles. The number of hydrogen-bond donors (Lipinski definition) is 3. The van der Waals surface area contributed by atoms with E-state index in [1.54, 1.807) is 11.0 Å². The van der Waals surface area contributed by atoms with Gasteiger partial charge in [-0.25, -0.2) is 0 Å². The van der Waals surface area contributed by atoms with Gasteiger partial charge in [0.15, 0.2) is 0 Å². The molecule has 168 valence electrons. The molecular formula is C24H28N4O4. The number of amides is 3. The number of carbonyl (C=O) groups is 3. The quantitative estimate of drug-likeness (QED) is 0.619. The molecule has 2 atom stereocenters. The SMILES string of the molecule is Cc1ccccc1NC(=O)CC1C(=O)Nc2ccccc2N1CC(=O)NCC1CCCO1. The van der Waals surface area contributed by atoms with Crippen LogP contribution in [0.1, 0.15) is 24.8 Å². The number of fused-ring (bicyclic) bond motifs is 1. The predicted molar refractivity (Wildman–Crippen MR) is 123 cm³/mol. The number of rotatable bonds is 7. The zero-order valence-electron chi connectivity index (χ0n) is 18.1. The van der Waals surface area contributed by atoms with Gasteiger partial charge in [0.2, 0.25) is 17.7 Å². The first kappa shape index (κ1) is 21.8. The van der Waals surface area contributed by atoms with E-state index in [1.807, 2.05) is 49.4 Å². The molecule has 2 aliphatic rings. The van der Waals surface area contributed by atoms with E-state index >= 15 is 0 Å². The van der Waals surface area contributed by atoms with Crippen LogP contribution in [0.15, 0.2) is 48.5 Å². The summed E-state index contributed by atoms with van der Waals surface area (Å²) in [5.41, 5.74) is 2.98. The Morgan fingerprint density at radius 1 is 1.12 bits per heavy atom. The van der Waals surface area contributed by atoms with Gasteiger partial charge in [0.25, 0.3) is 0 Å². The molecule has 8 nitrogen and oxygen atoms in total.